The van der Waals surface area contributed by atoms with Gasteiger partial charge in [0.25, 0.3) is 5.91 Å². The molecule has 0 aliphatic carbocycles. The number of para-hydroxylation sites is 1. The first-order valence-electron chi connectivity index (χ1n) is 10.4. The third-order valence-corrected chi connectivity index (χ3v) is 6.40. The SMILES string of the molecule is C=CCn1c(=NC(=O)c2cc(-c3ccccc3)nc3ccccc23)sc2cc(C)ccc21. The fraction of sp³-hybridized carbons (Fsp3) is 0.0741. The Morgan fingerprint density at radius 1 is 1.06 bits per heavy atom. The van der Waals surface area contributed by atoms with Crippen LogP contribution in [0.4, 0.5) is 0 Å². The van der Waals surface area contributed by atoms with Crippen molar-refractivity contribution < 1.29 is 4.79 Å². The number of aromatic nitrogens is 2. The molecule has 5 rings (SSSR count). The molecule has 0 aliphatic heterocycles. The first kappa shape index (κ1) is 20.1. The van der Waals surface area contributed by atoms with E-state index in [1.165, 1.54) is 16.9 Å². The van der Waals surface area contributed by atoms with E-state index in [0.717, 1.165) is 32.4 Å². The van der Waals surface area contributed by atoms with Gasteiger partial charge in [0.05, 0.1) is 27.0 Å². The Morgan fingerprint density at radius 3 is 2.66 bits per heavy atom. The van der Waals surface area contributed by atoms with Crippen LogP contribution in [0.1, 0.15) is 15.9 Å². The Kier molecular flexibility index (Phi) is 5.25. The third kappa shape index (κ3) is 3.67. The van der Waals surface area contributed by atoms with Gasteiger partial charge in [0.15, 0.2) is 4.80 Å². The molecule has 0 aliphatic rings. The van der Waals surface area contributed by atoms with Crippen molar-refractivity contribution >= 4 is 38.4 Å². The molecule has 0 bridgehead atoms. The van der Waals surface area contributed by atoms with Crippen molar-refractivity contribution in [1.29, 1.82) is 0 Å². The van der Waals surface area contributed by atoms with E-state index >= 15 is 0 Å². The normalized spacial score (nSPS) is 11.8. The summed E-state index contributed by atoms with van der Waals surface area (Å²) in [6.45, 7) is 6.52. The van der Waals surface area contributed by atoms with Crippen LogP contribution in [0.3, 0.4) is 0 Å². The number of carbonyl (C=O) groups excluding carboxylic acids is 1. The highest BCUT2D eigenvalue weighted by Crippen LogP contribution is 2.26. The topological polar surface area (TPSA) is 47.2 Å². The van der Waals surface area contributed by atoms with Gasteiger partial charge in [-0.25, -0.2) is 4.98 Å². The molecule has 0 saturated heterocycles. The van der Waals surface area contributed by atoms with E-state index < -0.39 is 0 Å². The summed E-state index contributed by atoms with van der Waals surface area (Å²) in [6.07, 6.45) is 1.82. The van der Waals surface area contributed by atoms with E-state index in [2.05, 4.69) is 36.7 Å². The van der Waals surface area contributed by atoms with Gasteiger partial charge in [0.1, 0.15) is 0 Å². The molecule has 32 heavy (non-hydrogen) atoms. The van der Waals surface area contributed by atoms with Crippen LogP contribution in [0.2, 0.25) is 0 Å². The quantitative estimate of drug-likeness (QED) is 0.318. The Labute approximate surface area is 189 Å². The van der Waals surface area contributed by atoms with Crippen LogP contribution in [0.5, 0.6) is 0 Å². The maximum Gasteiger partial charge on any atom is 0.280 e. The number of amides is 1. The summed E-state index contributed by atoms with van der Waals surface area (Å²) in [5.74, 6) is -0.276. The molecule has 0 fully saturated rings. The van der Waals surface area contributed by atoms with Crippen LogP contribution in [0.25, 0.3) is 32.4 Å². The average molecular weight is 436 g/mol. The summed E-state index contributed by atoms with van der Waals surface area (Å²) >= 11 is 1.52. The zero-order valence-electron chi connectivity index (χ0n) is 17.7. The lowest BCUT2D eigenvalue weighted by Crippen LogP contribution is -2.16. The van der Waals surface area contributed by atoms with Crippen molar-refractivity contribution in [2.75, 3.05) is 0 Å². The fourth-order valence-electron chi connectivity index (χ4n) is 3.83. The van der Waals surface area contributed by atoms with Crippen molar-refractivity contribution in [2.24, 2.45) is 4.99 Å². The number of thiazole rings is 1. The van der Waals surface area contributed by atoms with Crippen LogP contribution < -0.4 is 4.80 Å². The van der Waals surface area contributed by atoms with Crippen LogP contribution in [-0.2, 0) is 6.54 Å². The molecule has 0 N–H and O–H groups in total. The predicted octanol–water partition coefficient (Wildman–Crippen LogP) is 6.15. The lowest BCUT2D eigenvalue weighted by molar-refractivity contribution is 0.0999. The van der Waals surface area contributed by atoms with Crippen molar-refractivity contribution in [3.8, 4) is 11.3 Å². The van der Waals surface area contributed by atoms with Gasteiger partial charge in [-0.2, -0.15) is 4.99 Å². The Hall–Kier alpha value is -3.83. The minimum absolute atomic E-state index is 0.276. The average Bonchev–Trinajstić information content (AvgIpc) is 3.15. The van der Waals surface area contributed by atoms with Crippen LogP contribution in [0.15, 0.2) is 96.5 Å². The molecule has 5 heteroatoms. The van der Waals surface area contributed by atoms with Crippen molar-refractivity contribution in [3.05, 3.63) is 107 Å². The lowest BCUT2D eigenvalue weighted by atomic mass is 10.0. The lowest BCUT2D eigenvalue weighted by Gasteiger charge is -2.07. The number of fused-ring (bicyclic) bond motifs is 2. The van der Waals surface area contributed by atoms with Crippen molar-refractivity contribution in [3.63, 3.8) is 0 Å². The van der Waals surface area contributed by atoms with Crippen LogP contribution >= 0.6 is 11.3 Å². The first-order valence-corrected chi connectivity index (χ1v) is 11.2. The molecule has 1 amide bonds. The summed E-state index contributed by atoms with van der Waals surface area (Å²) in [6, 6.07) is 25.7. The van der Waals surface area contributed by atoms with Crippen molar-refractivity contribution in [1.82, 2.24) is 9.55 Å². The van der Waals surface area contributed by atoms with E-state index in [1.807, 2.05) is 71.3 Å². The van der Waals surface area contributed by atoms with Gasteiger partial charge in [-0.3, -0.25) is 4.79 Å². The zero-order chi connectivity index (χ0) is 22.1. The number of aryl methyl sites for hydroxylation is 1. The highest BCUT2D eigenvalue weighted by Gasteiger charge is 2.15. The highest BCUT2D eigenvalue weighted by atomic mass is 32.1. The van der Waals surface area contributed by atoms with Crippen LogP contribution in [-0.4, -0.2) is 15.5 Å². The summed E-state index contributed by atoms with van der Waals surface area (Å²) in [5.41, 5.74) is 5.28. The molecular weight excluding hydrogens is 414 g/mol. The summed E-state index contributed by atoms with van der Waals surface area (Å²) < 4.78 is 3.13. The number of hydrogen-bond donors (Lipinski definition) is 0. The second-order valence-corrected chi connectivity index (χ2v) is 8.62. The van der Waals surface area contributed by atoms with Gasteiger partial charge in [0.2, 0.25) is 0 Å². The highest BCUT2D eigenvalue weighted by molar-refractivity contribution is 7.16. The molecule has 0 saturated carbocycles. The number of hydrogen-bond acceptors (Lipinski definition) is 3. The van der Waals surface area contributed by atoms with Crippen LogP contribution in [0, 0.1) is 6.92 Å². The van der Waals surface area contributed by atoms with E-state index in [9.17, 15) is 4.79 Å². The maximum absolute atomic E-state index is 13.5. The van der Waals surface area contributed by atoms with E-state index in [-0.39, 0.29) is 5.91 Å². The molecule has 2 heterocycles. The molecule has 3 aromatic carbocycles. The maximum atomic E-state index is 13.5. The molecule has 156 valence electrons. The first-order chi connectivity index (χ1) is 15.6. The molecule has 2 aromatic heterocycles. The Bertz CT molecular complexity index is 1540. The minimum atomic E-state index is -0.276. The predicted molar refractivity (Wildman–Crippen MR) is 132 cm³/mol. The van der Waals surface area contributed by atoms with Gasteiger partial charge in [-0.05, 0) is 36.8 Å². The van der Waals surface area contributed by atoms with Gasteiger partial charge < -0.3 is 4.57 Å². The molecule has 0 radical (unpaired) electrons. The molecule has 5 aromatic rings. The number of allylic oxidation sites excluding steroid dienone is 1. The minimum Gasteiger partial charge on any atom is -0.312 e. The largest absolute Gasteiger partial charge is 0.312 e. The summed E-state index contributed by atoms with van der Waals surface area (Å²) in [4.78, 5) is 23.5. The summed E-state index contributed by atoms with van der Waals surface area (Å²) in [5, 5.41) is 0.799. The van der Waals surface area contributed by atoms with Gasteiger partial charge in [-0.15, -0.1) is 6.58 Å². The molecule has 4 nitrogen and oxygen atoms in total. The molecular formula is C27H21N3OS. The van der Waals surface area contributed by atoms with E-state index in [0.29, 0.717) is 16.9 Å². The number of benzene rings is 3. The number of nitrogens with zero attached hydrogens (tertiary/aromatic N) is 3. The van der Waals surface area contributed by atoms with Crippen molar-refractivity contribution in [2.45, 2.75) is 13.5 Å². The van der Waals surface area contributed by atoms with Gasteiger partial charge in [0, 0.05) is 17.5 Å². The van der Waals surface area contributed by atoms with E-state index in [4.69, 9.17) is 4.98 Å². The number of carbonyl (C=O) groups is 1. The van der Waals surface area contributed by atoms with E-state index in [1.54, 1.807) is 0 Å². The summed E-state index contributed by atoms with van der Waals surface area (Å²) in [7, 11) is 0. The molecule has 0 atom stereocenters. The smallest absolute Gasteiger partial charge is 0.280 e. The third-order valence-electron chi connectivity index (χ3n) is 5.36. The monoisotopic (exact) mass is 435 g/mol. The second-order valence-electron chi connectivity index (χ2n) is 7.61. The zero-order valence-corrected chi connectivity index (χ0v) is 18.5. The standard InChI is InChI=1S/C27H21N3OS/c1-3-15-30-24-14-13-18(2)16-25(24)32-27(30)29-26(31)21-17-23(19-9-5-4-6-10-19)28-22-12-8-7-11-20(21)22/h3-14,16-17H,1,15H2,2H3. The number of rotatable bonds is 4. The second kappa shape index (κ2) is 8.36. The Balaban J connectivity index is 1.71. The fourth-order valence-corrected chi connectivity index (χ4v) is 4.96. The van der Waals surface area contributed by atoms with Gasteiger partial charge >= 0.3 is 0 Å². The molecule has 0 spiro atoms. The van der Waals surface area contributed by atoms with Gasteiger partial charge in [-0.1, -0.05) is 72.0 Å². The number of pyridine rings is 1. The molecule has 0 unspecified atom stereocenters. The Morgan fingerprint density at radius 2 is 1.84 bits per heavy atom.